The van der Waals surface area contributed by atoms with E-state index in [4.69, 9.17) is 11.6 Å². The molecule has 6 nitrogen and oxygen atoms in total. The van der Waals surface area contributed by atoms with Crippen molar-refractivity contribution in [3.05, 3.63) is 41.3 Å². The van der Waals surface area contributed by atoms with Gasteiger partial charge in [0.1, 0.15) is 11.0 Å². The first-order chi connectivity index (χ1) is 12.2. The Morgan fingerprint density at radius 3 is 2.72 bits per heavy atom. The second kappa shape index (κ2) is 9.01. The second-order valence-electron chi connectivity index (χ2n) is 5.80. The highest BCUT2D eigenvalue weighted by Gasteiger charge is 2.15. The van der Waals surface area contributed by atoms with Gasteiger partial charge in [-0.3, -0.25) is 9.78 Å². The number of carbonyl (C=O) groups is 1. The van der Waals surface area contributed by atoms with Gasteiger partial charge < -0.3 is 10.2 Å². The summed E-state index contributed by atoms with van der Waals surface area (Å²) in [5.41, 5.74) is 1.01. The number of carbonyl (C=O) groups excluding carboxylic acids is 1. The van der Waals surface area contributed by atoms with Crippen molar-refractivity contribution in [2.24, 2.45) is 0 Å². The monoisotopic (exact) mass is 377 g/mol. The standard InChI is InChI=1S/C17H20ClN5OS/c18-14-10-15(23-8-2-1-3-9-23)22-17(21-14)25-12-16(24)20-11-13-4-6-19-7-5-13/h4-7,10H,1-3,8-9,11-12H2,(H,20,24). The zero-order valence-electron chi connectivity index (χ0n) is 13.8. The van der Waals surface area contributed by atoms with Crippen molar-refractivity contribution < 1.29 is 4.79 Å². The largest absolute Gasteiger partial charge is 0.356 e. The van der Waals surface area contributed by atoms with E-state index in [0.29, 0.717) is 16.9 Å². The zero-order chi connectivity index (χ0) is 17.5. The Labute approximate surface area is 156 Å². The molecular weight excluding hydrogens is 358 g/mol. The number of anilines is 1. The maximum atomic E-state index is 12.0. The van der Waals surface area contributed by atoms with Crippen molar-refractivity contribution in [1.82, 2.24) is 20.3 Å². The first kappa shape index (κ1) is 17.9. The van der Waals surface area contributed by atoms with Crippen molar-refractivity contribution in [2.75, 3.05) is 23.7 Å². The molecule has 1 saturated heterocycles. The van der Waals surface area contributed by atoms with Crippen LogP contribution in [-0.2, 0) is 11.3 Å². The van der Waals surface area contributed by atoms with E-state index in [1.165, 1.54) is 31.0 Å². The second-order valence-corrected chi connectivity index (χ2v) is 7.13. The lowest BCUT2D eigenvalue weighted by Gasteiger charge is -2.27. The minimum atomic E-state index is -0.0649. The van der Waals surface area contributed by atoms with E-state index in [0.717, 1.165) is 24.5 Å². The maximum absolute atomic E-state index is 12.0. The average molecular weight is 378 g/mol. The molecule has 1 amide bonds. The Hall–Kier alpha value is -1.86. The van der Waals surface area contributed by atoms with Gasteiger partial charge in [0.05, 0.1) is 5.75 Å². The molecule has 8 heteroatoms. The number of aromatic nitrogens is 3. The van der Waals surface area contributed by atoms with Gasteiger partial charge in [-0.25, -0.2) is 9.97 Å². The van der Waals surface area contributed by atoms with Crippen LogP contribution in [0.25, 0.3) is 0 Å². The topological polar surface area (TPSA) is 71.0 Å². The molecule has 1 aliphatic rings. The van der Waals surface area contributed by atoms with Crippen LogP contribution in [-0.4, -0.2) is 39.7 Å². The third-order valence-corrected chi connectivity index (χ3v) is 4.95. The van der Waals surface area contributed by atoms with Gasteiger partial charge in [-0.05, 0) is 37.0 Å². The fourth-order valence-corrected chi connectivity index (χ4v) is 3.53. The number of thioether (sulfide) groups is 1. The molecule has 25 heavy (non-hydrogen) atoms. The number of hydrogen-bond acceptors (Lipinski definition) is 6. The zero-order valence-corrected chi connectivity index (χ0v) is 15.4. The van der Waals surface area contributed by atoms with E-state index < -0.39 is 0 Å². The quantitative estimate of drug-likeness (QED) is 0.474. The molecule has 0 unspecified atom stereocenters. The van der Waals surface area contributed by atoms with Gasteiger partial charge in [-0.1, -0.05) is 23.4 Å². The molecule has 2 aromatic heterocycles. The Bertz CT molecular complexity index is 709. The third-order valence-electron chi connectivity index (χ3n) is 3.91. The van der Waals surface area contributed by atoms with E-state index in [-0.39, 0.29) is 11.7 Å². The third kappa shape index (κ3) is 5.57. The number of nitrogens with zero attached hydrogens (tertiary/aromatic N) is 4. The molecule has 0 atom stereocenters. The van der Waals surface area contributed by atoms with E-state index in [1.54, 1.807) is 18.5 Å². The van der Waals surface area contributed by atoms with Gasteiger partial charge in [0, 0.05) is 38.1 Å². The van der Waals surface area contributed by atoms with Gasteiger partial charge in [0.15, 0.2) is 5.16 Å². The molecule has 2 aromatic rings. The first-order valence-corrected chi connectivity index (χ1v) is 9.65. The van der Waals surface area contributed by atoms with Gasteiger partial charge in [0.25, 0.3) is 0 Å². The van der Waals surface area contributed by atoms with Crippen LogP contribution in [0.3, 0.4) is 0 Å². The van der Waals surface area contributed by atoms with Crippen LogP contribution in [0.15, 0.2) is 35.7 Å². The first-order valence-electron chi connectivity index (χ1n) is 8.28. The van der Waals surface area contributed by atoms with Crippen LogP contribution in [0.1, 0.15) is 24.8 Å². The summed E-state index contributed by atoms with van der Waals surface area (Å²) in [4.78, 5) is 27.0. The normalized spacial score (nSPS) is 14.4. The summed E-state index contributed by atoms with van der Waals surface area (Å²) in [5, 5.41) is 3.82. The van der Waals surface area contributed by atoms with Gasteiger partial charge in [-0.15, -0.1) is 0 Å². The summed E-state index contributed by atoms with van der Waals surface area (Å²) >= 11 is 7.43. The van der Waals surface area contributed by atoms with E-state index in [9.17, 15) is 4.79 Å². The Balaban J connectivity index is 1.53. The highest BCUT2D eigenvalue weighted by molar-refractivity contribution is 7.99. The number of pyridine rings is 1. The van der Waals surface area contributed by atoms with Crippen LogP contribution < -0.4 is 10.2 Å². The SMILES string of the molecule is O=C(CSc1nc(Cl)cc(N2CCCCC2)n1)NCc1ccncc1. The number of piperidine rings is 1. The van der Waals surface area contributed by atoms with Crippen molar-refractivity contribution in [3.63, 3.8) is 0 Å². The molecular formula is C17H20ClN5OS. The van der Waals surface area contributed by atoms with Crippen LogP contribution in [0.5, 0.6) is 0 Å². The Morgan fingerprint density at radius 1 is 1.20 bits per heavy atom. The molecule has 0 bridgehead atoms. The lowest BCUT2D eigenvalue weighted by atomic mass is 10.1. The molecule has 0 aromatic carbocycles. The summed E-state index contributed by atoms with van der Waals surface area (Å²) in [5.74, 6) is 1.04. The highest BCUT2D eigenvalue weighted by atomic mass is 35.5. The molecule has 0 radical (unpaired) electrons. The van der Waals surface area contributed by atoms with Gasteiger partial charge >= 0.3 is 0 Å². The lowest BCUT2D eigenvalue weighted by Crippen LogP contribution is -2.30. The summed E-state index contributed by atoms with van der Waals surface area (Å²) in [6.07, 6.45) is 7.01. The minimum absolute atomic E-state index is 0.0649. The fourth-order valence-electron chi connectivity index (χ4n) is 2.62. The molecule has 0 spiro atoms. The van der Waals surface area contributed by atoms with Crippen molar-refractivity contribution in [1.29, 1.82) is 0 Å². The molecule has 1 N–H and O–H groups in total. The summed E-state index contributed by atoms with van der Waals surface area (Å²) in [7, 11) is 0. The predicted molar refractivity (Wildman–Crippen MR) is 99.9 cm³/mol. The van der Waals surface area contributed by atoms with Crippen LogP contribution in [0.4, 0.5) is 5.82 Å². The Kier molecular flexibility index (Phi) is 6.47. The molecule has 0 saturated carbocycles. The van der Waals surface area contributed by atoms with Crippen LogP contribution >= 0.6 is 23.4 Å². The number of nitrogens with one attached hydrogen (secondary N) is 1. The lowest BCUT2D eigenvalue weighted by molar-refractivity contribution is -0.118. The fraction of sp³-hybridized carbons (Fsp3) is 0.412. The minimum Gasteiger partial charge on any atom is -0.356 e. The molecule has 132 valence electrons. The highest BCUT2D eigenvalue weighted by Crippen LogP contribution is 2.24. The Morgan fingerprint density at radius 2 is 1.96 bits per heavy atom. The van der Waals surface area contributed by atoms with Crippen molar-refractivity contribution in [2.45, 2.75) is 31.0 Å². The average Bonchev–Trinajstić information content (AvgIpc) is 2.66. The van der Waals surface area contributed by atoms with Crippen LogP contribution in [0, 0.1) is 0 Å². The summed E-state index contributed by atoms with van der Waals surface area (Å²) in [6, 6.07) is 5.54. The predicted octanol–water partition coefficient (Wildman–Crippen LogP) is 2.92. The number of hydrogen-bond donors (Lipinski definition) is 1. The van der Waals surface area contributed by atoms with E-state index >= 15 is 0 Å². The molecule has 3 rings (SSSR count). The van der Waals surface area contributed by atoms with Gasteiger partial charge in [0.2, 0.25) is 5.91 Å². The number of amides is 1. The molecule has 3 heterocycles. The van der Waals surface area contributed by atoms with Crippen molar-refractivity contribution >= 4 is 35.1 Å². The molecule has 1 aliphatic heterocycles. The van der Waals surface area contributed by atoms with Gasteiger partial charge in [-0.2, -0.15) is 0 Å². The van der Waals surface area contributed by atoms with E-state index in [1.807, 2.05) is 12.1 Å². The summed E-state index contributed by atoms with van der Waals surface area (Å²) < 4.78 is 0. The molecule has 1 fully saturated rings. The van der Waals surface area contributed by atoms with Crippen molar-refractivity contribution in [3.8, 4) is 0 Å². The smallest absolute Gasteiger partial charge is 0.230 e. The number of halogens is 1. The summed E-state index contributed by atoms with van der Waals surface area (Å²) in [6.45, 7) is 2.46. The number of rotatable bonds is 6. The van der Waals surface area contributed by atoms with Crippen LogP contribution in [0.2, 0.25) is 5.15 Å². The van der Waals surface area contributed by atoms with E-state index in [2.05, 4.69) is 25.2 Å². The molecule has 0 aliphatic carbocycles. The maximum Gasteiger partial charge on any atom is 0.230 e.